The Hall–Kier alpha value is -4.13. The molecule has 1 unspecified atom stereocenters. The van der Waals surface area contributed by atoms with Crippen LogP contribution in [0.15, 0.2) is 78.9 Å². The van der Waals surface area contributed by atoms with Crippen LogP contribution in [0.1, 0.15) is 79.2 Å². The van der Waals surface area contributed by atoms with Gasteiger partial charge in [-0.15, -0.1) is 0 Å². The van der Waals surface area contributed by atoms with Crippen LogP contribution in [0.3, 0.4) is 0 Å². The summed E-state index contributed by atoms with van der Waals surface area (Å²) in [5.41, 5.74) is 4.36. The van der Waals surface area contributed by atoms with Gasteiger partial charge in [-0.2, -0.15) is 0 Å². The molecular weight excluding hydrogens is 660 g/mol. The number of aliphatic hydroxyl groups is 1. The third-order valence-corrected chi connectivity index (χ3v) is 11.0. The highest BCUT2D eigenvalue weighted by Gasteiger charge is 2.42. The molecule has 4 fully saturated rings. The van der Waals surface area contributed by atoms with Crippen LogP contribution in [0.5, 0.6) is 0 Å². The molecule has 4 heterocycles. The molecule has 0 aliphatic carbocycles. The number of aliphatic hydroxyl groups excluding tert-OH is 1. The van der Waals surface area contributed by atoms with Gasteiger partial charge in [-0.25, -0.2) is 4.79 Å². The summed E-state index contributed by atoms with van der Waals surface area (Å²) in [7, 11) is 0. The highest BCUT2D eigenvalue weighted by atomic mass is 16.7. The van der Waals surface area contributed by atoms with E-state index in [0.717, 1.165) is 47.5 Å². The molecule has 0 aromatic heterocycles. The zero-order valence-corrected chi connectivity index (χ0v) is 29.9. The van der Waals surface area contributed by atoms with E-state index in [-0.39, 0.29) is 50.2 Å². The van der Waals surface area contributed by atoms with Gasteiger partial charge in [-0.05, 0) is 67.6 Å². The molecule has 4 aliphatic heterocycles. The molecule has 4 saturated heterocycles. The summed E-state index contributed by atoms with van der Waals surface area (Å²) >= 11 is 0. The fourth-order valence-corrected chi connectivity index (χ4v) is 8.00. The highest BCUT2D eigenvalue weighted by Crippen LogP contribution is 2.42. The summed E-state index contributed by atoms with van der Waals surface area (Å²) in [6, 6.07) is 24.4. The Morgan fingerprint density at radius 2 is 1.56 bits per heavy atom. The molecule has 0 radical (unpaired) electrons. The van der Waals surface area contributed by atoms with Gasteiger partial charge in [0, 0.05) is 30.6 Å². The van der Waals surface area contributed by atoms with Crippen molar-refractivity contribution in [1.82, 2.24) is 20.0 Å². The normalized spacial score (nSPS) is 27.0. The molecule has 3 amide bonds. The number of alkyl carbamates (subject to hydrolysis) is 1. The number of rotatable bonds is 12. The van der Waals surface area contributed by atoms with Crippen LogP contribution in [0.4, 0.5) is 4.79 Å². The van der Waals surface area contributed by atoms with Crippen molar-refractivity contribution in [3.05, 3.63) is 107 Å². The summed E-state index contributed by atoms with van der Waals surface area (Å²) in [4.78, 5) is 44.8. The van der Waals surface area contributed by atoms with E-state index in [4.69, 9.17) is 14.2 Å². The predicted molar refractivity (Wildman–Crippen MR) is 193 cm³/mol. The van der Waals surface area contributed by atoms with E-state index in [1.54, 1.807) is 0 Å². The summed E-state index contributed by atoms with van der Waals surface area (Å²) in [5, 5.41) is 12.2. The number of benzene rings is 3. The zero-order valence-electron chi connectivity index (χ0n) is 29.9. The first kappa shape index (κ1) is 36.2. The van der Waals surface area contributed by atoms with Gasteiger partial charge in [0.2, 0.25) is 5.91 Å². The van der Waals surface area contributed by atoms with Crippen molar-refractivity contribution in [2.45, 2.75) is 89.4 Å². The van der Waals surface area contributed by atoms with E-state index in [2.05, 4.69) is 22.0 Å². The highest BCUT2D eigenvalue weighted by molar-refractivity contribution is 6.06. The maximum atomic E-state index is 13.2. The van der Waals surface area contributed by atoms with Crippen LogP contribution in [0.2, 0.25) is 0 Å². The second-order valence-electron chi connectivity index (χ2n) is 14.6. The Balaban J connectivity index is 1.01. The number of nitrogens with zero attached hydrogens (tertiary/aromatic N) is 3. The Morgan fingerprint density at radius 3 is 2.29 bits per heavy atom. The average molecular weight is 711 g/mol. The van der Waals surface area contributed by atoms with Gasteiger partial charge in [0.05, 0.1) is 31.8 Å². The number of nitrogens with one attached hydrogen (secondary N) is 1. The smallest absolute Gasteiger partial charge is 0.408 e. The first-order valence-electron chi connectivity index (χ1n) is 18.7. The topological polar surface area (TPSA) is 121 Å². The monoisotopic (exact) mass is 710 g/mol. The maximum Gasteiger partial charge on any atom is 0.408 e. The average Bonchev–Trinajstić information content (AvgIpc) is 3.91. The predicted octanol–water partition coefficient (Wildman–Crippen LogP) is 5.08. The van der Waals surface area contributed by atoms with Crippen LogP contribution >= 0.6 is 0 Å². The molecule has 0 spiro atoms. The van der Waals surface area contributed by atoms with Crippen LogP contribution < -0.4 is 5.32 Å². The van der Waals surface area contributed by atoms with Gasteiger partial charge in [-0.1, -0.05) is 85.8 Å². The molecule has 2 N–H and O–H groups in total. The van der Waals surface area contributed by atoms with Crippen molar-refractivity contribution < 1.29 is 33.7 Å². The number of amides is 3. The Labute approximate surface area is 305 Å². The molecular formula is C41H50N4O7. The standard InChI is InChI=1S/C41H50N4O7/c1-28-36(25-44-21-7-10-34(44)24-43-19-5-6-20-43)51-40(52-38(28)32-15-13-30(26-46)14-16-32)33-17-11-29(12-18-33)23-45-37(47)22-35(39(45)48)42-41(49)50-27-31-8-3-2-4-9-31/h2-4,8-9,11-18,28,34-36,38,40,46H,5-7,10,19-27H2,1H3,(H,42,49)/t28-,34-,35?,36+,38+,40+/m0/s1. The minimum atomic E-state index is -0.966. The third kappa shape index (κ3) is 8.56. The van der Waals surface area contributed by atoms with Crippen molar-refractivity contribution in [3.63, 3.8) is 0 Å². The molecule has 7 rings (SSSR count). The van der Waals surface area contributed by atoms with Crippen LogP contribution in [-0.4, -0.2) is 88.6 Å². The second-order valence-corrected chi connectivity index (χ2v) is 14.6. The van der Waals surface area contributed by atoms with E-state index in [0.29, 0.717) is 6.04 Å². The van der Waals surface area contributed by atoms with Gasteiger partial charge in [0.15, 0.2) is 6.29 Å². The number of imide groups is 1. The molecule has 11 nitrogen and oxygen atoms in total. The van der Waals surface area contributed by atoms with Crippen LogP contribution in [0, 0.1) is 5.92 Å². The van der Waals surface area contributed by atoms with Crippen molar-refractivity contribution >= 4 is 17.9 Å². The van der Waals surface area contributed by atoms with Crippen molar-refractivity contribution in [3.8, 4) is 0 Å². The number of ether oxygens (including phenoxy) is 3. The van der Waals surface area contributed by atoms with E-state index < -0.39 is 24.3 Å². The van der Waals surface area contributed by atoms with Gasteiger partial charge < -0.3 is 29.5 Å². The van der Waals surface area contributed by atoms with Gasteiger partial charge in [0.1, 0.15) is 12.6 Å². The number of likely N-dealkylation sites (tertiary alicyclic amines) is 3. The van der Waals surface area contributed by atoms with E-state index in [1.165, 1.54) is 43.7 Å². The van der Waals surface area contributed by atoms with E-state index >= 15 is 0 Å². The zero-order chi connectivity index (χ0) is 36.0. The van der Waals surface area contributed by atoms with E-state index in [9.17, 15) is 19.5 Å². The third-order valence-electron chi connectivity index (χ3n) is 11.0. The fraction of sp³-hybridized carbons (Fsp3) is 0.488. The molecule has 3 aromatic rings. The van der Waals surface area contributed by atoms with Crippen molar-refractivity contribution in [2.75, 3.05) is 32.7 Å². The maximum absolute atomic E-state index is 13.2. The minimum Gasteiger partial charge on any atom is -0.445 e. The first-order valence-corrected chi connectivity index (χ1v) is 18.7. The van der Waals surface area contributed by atoms with Crippen LogP contribution in [0.25, 0.3) is 0 Å². The molecule has 52 heavy (non-hydrogen) atoms. The SMILES string of the molecule is C[C@H]1[C@@H](CN2CCC[C@H]2CN2CCCC2)O[C@@H](c2ccc(CN3C(=O)CC(NC(=O)OCc4ccccc4)C3=O)cc2)O[C@H]1c1ccc(CO)cc1. The molecule has 276 valence electrons. The summed E-state index contributed by atoms with van der Waals surface area (Å²) in [6.07, 6.45) is 3.25. The lowest BCUT2D eigenvalue weighted by molar-refractivity contribution is -0.276. The number of hydrogen-bond donors (Lipinski definition) is 2. The summed E-state index contributed by atoms with van der Waals surface area (Å²) in [5.74, 6) is -0.715. The van der Waals surface area contributed by atoms with E-state index in [1.807, 2.05) is 78.9 Å². The van der Waals surface area contributed by atoms with Gasteiger partial charge in [-0.3, -0.25) is 19.4 Å². The summed E-state index contributed by atoms with van der Waals surface area (Å²) in [6.45, 7) is 7.76. The molecule has 11 heteroatoms. The number of carbonyl (C=O) groups is 3. The lowest BCUT2D eigenvalue weighted by Crippen LogP contribution is -2.48. The first-order chi connectivity index (χ1) is 25.3. The molecule has 4 aliphatic rings. The fourth-order valence-electron chi connectivity index (χ4n) is 8.00. The lowest BCUT2D eigenvalue weighted by atomic mass is 9.90. The molecule has 3 aromatic carbocycles. The Kier molecular flexibility index (Phi) is 11.6. The molecule has 6 atom stereocenters. The van der Waals surface area contributed by atoms with Gasteiger partial charge >= 0.3 is 6.09 Å². The largest absolute Gasteiger partial charge is 0.445 e. The minimum absolute atomic E-state index is 0.0114. The Bertz CT molecular complexity index is 1660. The molecule has 0 bridgehead atoms. The van der Waals surface area contributed by atoms with Crippen molar-refractivity contribution in [2.24, 2.45) is 5.92 Å². The molecule has 0 saturated carbocycles. The lowest BCUT2D eigenvalue weighted by Gasteiger charge is -2.43. The van der Waals surface area contributed by atoms with Crippen LogP contribution in [-0.2, 0) is 43.6 Å². The summed E-state index contributed by atoms with van der Waals surface area (Å²) < 4.78 is 18.7. The number of carbonyl (C=O) groups excluding carboxylic acids is 3. The quantitative estimate of drug-likeness (QED) is 0.248. The van der Waals surface area contributed by atoms with Gasteiger partial charge in [0.25, 0.3) is 5.91 Å². The Morgan fingerprint density at radius 1 is 0.846 bits per heavy atom. The number of hydrogen-bond acceptors (Lipinski definition) is 9. The second kappa shape index (κ2) is 16.7. The van der Waals surface area contributed by atoms with Crippen molar-refractivity contribution in [1.29, 1.82) is 0 Å².